The summed E-state index contributed by atoms with van der Waals surface area (Å²) in [6, 6.07) is 10.5. The van der Waals surface area contributed by atoms with E-state index in [1.54, 1.807) is 13.8 Å². The number of carbonyl (C=O) groups excluding carboxylic acids is 1. The van der Waals surface area contributed by atoms with Gasteiger partial charge in [-0.2, -0.15) is 0 Å². The normalized spacial score (nSPS) is 11.5. The van der Waals surface area contributed by atoms with E-state index in [4.69, 9.17) is 17.0 Å². The van der Waals surface area contributed by atoms with E-state index < -0.39 is 5.97 Å². The molecule has 0 aliphatic heterocycles. The predicted octanol–water partition coefficient (Wildman–Crippen LogP) is 3.27. The zero-order chi connectivity index (χ0) is 18.9. The molecule has 0 amide bonds. The number of aryl methyl sites for hydroxylation is 2. The molecule has 0 fully saturated rings. The van der Waals surface area contributed by atoms with Gasteiger partial charge in [0.05, 0.1) is 17.9 Å². The average molecular weight is 372 g/mol. The number of esters is 1. The molecule has 0 saturated heterocycles. The van der Waals surface area contributed by atoms with Crippen molar-refractivity contribution in [2.24, 2.45) is 0 Å². The Bertz CT molecular complexity index is 752. The number of carbonyl (C=O) groups is 1. The Balaban J connectivity index is 1.85. The molecule has 26 heavy (non-hydrogen) atoms. The van der Waals surface area contributed by atoms with Gasteiger partial charge >= 0.3 is 5.97 Å². The van der Waals surface area contributed by atoms with E-state index in [1.165, 1.54) is 11.8 Å². The summed E-state index contributed by atoms with van der Waals surface area (Å²) in [5.41, 5.74) is 2.20. The summed E-state index contributed by atoms with van der Waals surface area (Å²) >= 11 is 5.32. The zero-order valence-electron chi connectivity index (χ0n) is 15.3. The van der Waals surface area contributed by atoms with E-state index in [-0.39, 0.29) is 6.04 Å². The minimum Gasteiger partial charge on any atom is -0.462 e. The van der Waals surface area contributed by atoms with Crippen LogP contribution in [0.15, 0.2) is 36.5 Å². The number of hydrogen-bond acceptors (Lipinski definition) is 5. The van der Waals surface area contributed by atoms with Crippen LogP contribution in [0.1, 0.15) is 41.9 Å². The van der Waals surface area contributed by atoms with E-state index >= 15 is 0 Å². The van der Waals surface area contributed by atoms with Crippen molar-refractivity contribution in [2.75, 3.05) is 11.9 Å². The van der Waals surface area contributed by atoms with Crippen LogP contribution in [0.2, 0.25) is 0 Å². The first kappa shape index (κ1) is 19.8. The standard InChI is InChI=1S/C19H24N4O2S/c1-4-25-17(24)16-12-20-18(22-14(16)3)23-19(26)21-13(2)10-11-15-8-6-5-7-9-15/h5-9,12-13H,4,10-11H2,1-3H3,(H2,20,21,22,23,26)/t13-/m0/s1. The van der Waals surface area contributed by atoms with Crippen molar-refractivity contribution in [1.29, 1.82) is 0 Å². The molecule has 1 aromatic heterocycles. The molecule has 0 unspecified atom stereocenters. The number of nitrogens with zero attached hydrogens (tertiary/aromatic N) is 2. The third-order valence-electron chi connectivity index (χ3n) is 3.79. The fraction of sp³-hybridized carbons (Fsp3) is 0.368. The number of thiocarbonyl (C=S) groups is 1. The van der Waals surface area contributed by atoms with Crippen LogP contribution in [0.5, 0.6) is 0 Å². The lowest BCUT2D eigenvalue weighted by molar-refractivity contribution is 0.0524. The molecule has 7 heteroatoms. The third kappa shape index (κ3) is 6.07. The van der Waals surface area contributed by atoms with Gasteiger partial charge in [0.2, 0.25) is 5.95 Å². The Morgan fingerprint density at radius 3 is 2.69 bits per heavy atom. The summed E-state index contributed by atoms with van der Waals surface area (Å²) in [6.07, 6.45) is 3.37. The molecule has 1 aromatic carbocycles. The fourth-order valence-corrected chi connectivity index (χ4v) is 2.69. The number of benzene rings is 1. The average Bonchev–Trinajstić information content (AvgIpc) is 2.61. The summed E-state index contributed by atoms with van der Waals surface area (Å²) < 4.78 is 4.97. The highest BCUT2D eigenvalue weighted by Crippen LogP contribution is 2.09. The van der Waals surface area contributed by atoms with Gasteiger partial charge in [0.25, 0.3) is 0 Å². The number of hydrogen-bond donors (Lipinski definition) is 2. The Kier molecular flexibility index (Phi) is 7.47. The number of nitrogens with one attached hydrogen (secondary N) is 2. The molecule has 2 rings (SSSR count). The SMILES string of the molecule is CCOC(=O)c1cnc(NC(=S)N[C@@H](C)CCc2ccccc2)nc1C. The molecule has 0 saturated carbocycles. The van der Waals surface area contributed by atoms with Crippen molar-refractivity contribution < 1.29 is 9.53 Å². The maximum absolute atomic E-state index is 11.8. The van der Waals surface area contributed by atoms with Gasteiger partial charge in [0.15, 0.2) is 5.11 Å². The Hall–Kier alpha value is -2.54. The molecule has 0 radical (unpaired) electrons. The molecule has 1 heterocycles. The van der Waals surface area contributed by atoms with Crippen molar-refractivity contribution in [3.05, 3.63) is 53.3 Å². The second kappa shape index (κ2) is 9.82. The highest BCUT2D eigenvalue weighted by Gasteiger charge is 2.13. The number of aromatic nitrogens is 2. The quantitative estimate of drug-likeness (QED) is 0.570. The van der Waals surface area contributed by atoms with Crippen LogP contribution in [0, 0.1) is 6.92 Å². The van der Waals surface area contributed by atoms with E-state index in [0.717, 1.165) is 12.8 Å². The van der Waals surface area contributed by atoms with Gasteiger partial charge in [-0.05, 0) is 51.4 Å². The van der Waals surface area contributed by atoms with Crippen LogP contribution >= 0.6 is 12.2 Å². The van der Waals surface area contributed by atoms with Crippen molar-refractivity contribution in [3.8, 4) is 0 Å². The minimum atomic E-state index is -0.424. The molecular formula is C19H24N4O2S. The summed E-state index contributed by atoms with van der Waals surface area (Å²) in [7, 11) is 0. The molecule has 2 N–H and O–H groups in total. The highest BCUT2D eigenvalue weighted by atomic mass is 32.1. The van der Waals surface area contributed by atoms with Crippen LogP contribution in [0.4, 0.5) is 5.95 Å². The first-order valence-electron chi connectivity index (χ1n) is 8.61. The fourth-order valence-electron chi connectivity index (χ4n) is 2.40. The Morgan fingerprint density at radius 1 is 1.31 bits per heavy atom. The van der Waals surface area contributed by atoms with E-state index in [1.807, 2.05) is 18.2 Å². The molecule has 0 aliphatic rings. The first-order valence-corrected chi connectivity index (χ1v) is 9.02. The summed E-state index contributed by atoms with van der Waals surface area (Å²) in [5, 5.41) is 6.63. The lowest BCUT2D eigenvalue weighted by atomic mass is 10.1. The number of ether oxygens (including phenoxy) is 1. The monoisotopic (exact) mass is 372 g/mol. The van der Waals surface area contributed by atoms with Gasteiger partial charge in [-0.25, -0.2) is 14.8 Å². The molecule has 0 bridgehead atoms. The van der Waals surface area contributed by atoms with Crippen LogP contribution < -0.4 is 10.6 Å². The maximum atomic E-state index is 11.8. The van der Waals surface area contributed by atoms with Gasteiger partial charge in [-0.1, -0.05) is 30.3 Å². The van der Waals surface area contributed by atoms with E-state index in [0.29, 0.717) is 28.9 Å². The number of anilines is 1. The van der Waals surface area contributed by atoms with Crippen molar-refractivity contribution in [1.82, 2.24) is 15.3 Å². The maximum Gasteiger partial charge on any atom is 0.341 e. The Morgan fingerprint density at radius 2 is 2.04 bits per heavy atom. The Labute approximate surface area is 159 Å². The van der Waals surface area contributed by atoms with E-state index in [2.05, 4.69) is 39.7 Å². The van der Waals surface area contributed by atoms with Gasteiger partial charge in [-0.3, -0.25) is 0 Å². The van der Waals surface area contributed by atoms with Crippen LogP contribution in [0.25, 0.3) is 0 Å². The van der Waals surface area contributed by atoms with Crippen LogP contribution in [0.3, 0.4) is 0 Å². The lowest BCUT2D eigenvalue weighted by Crippen LogP contribution is -2.36. The molecule has 138 valence electrons. The topological polar surface area (TPSA) is 76.1 Å². The van der Waals surface area contributed by atoms with Gasteiger partial charge in [-0.15, -0.1) is 0 Å². The highest BCUT2D eigenvalue weighted by molar-refractivity contribution is 7.80. The van der Waals surface area contributed by atoms with Gasteiger partial charge in [0, 0.05) is 12.2 Å². The summed E-state index contributed by atoms with van der Waals surface area (Å²) in [4.78, 5) is 20.2. The van der Waals surface area contributed by atoms with Gasteiger partial charge < -0.3 is 15.4 Å². The minimum absolute atomic E-state index is 0.204. The van der Waals surface area contributed by atoms with Crippen molar-refractivity contribution >= 4 is 29.2 Å². The predicted molar refractivity (Wildman–Crippen MR) is 106 cm³/mol. The summed E-state index contributed by atoms with van der Waals surface area (Å²) in [5.74, 6) is -0.0740. The molecular weight excluding hydrogens is 348 g/mol. The molecule has 2 aromatic rings. The smallest absolute Gasteiger partial charge is 0.341 e. The van der Waals surface area contributed by atoms with Crippen LogP contribution in [-0.4, -0.2) is 33.7 Å². The zero-order valence-corrected chi connectivity index (χ0v) is 16.1. The van der Waals surface area contributed by atoms with Crippen molar-refractivity contribution in [3.63, 3.8) is 0 Å². The summed E-state index contributed by atoms with van der Waals surface area (Å²) in [6.45, 7) is 5.88. The lowest BCUT2D eigenvalue weighted by Gasteiger charge is -2.16. The molecule has 0 spiro atoms. The number of rotatable bonds is 7. The van der Waals surface area contributed by atoms with E-state index in [9.17, 15) is 4.79 Å². The molecule has 0 aliphatic carbocycles. The van der Waals surface area contributed by atoms with Gasteiger partial charge in [0.1, 0.15) is 0 Å². The van der Waals surface area contributed by atoms with Crippen molar-refractivity contribution in [2.45, 2.75) is 39.7 Å². The largest absolute Gasteiger partial charge is 0.462 e. The van der Waals surface area contributed by atoms with Crippen LogP contribution in [-0.2, 0) is 11.2 Å². The second-order valence-electron chi connectivity index (χ2n) is 5.94. The molecule has 6 nitrogen and oxygen atoms in total. The molecule has 1 atom stereocenters. The first-order chi connectivity index (χ1) is 12.5. The third-order valence-corrected chi connectivity index (χ3v) is 4.01. The second-order valence-corrected chi connectivity index (χ2v) is 6.35.